The molecule has 184 valence electrons. The largest absolute Gasteiger partial charge is 0.226 e. The Hall–Kier alpha value is -4.86. The van der Waals surface area contributed by atoms with Gasteiger partial charge in [-0.15, -0.1) is 0 Å². The van der Waals surface area contributed by atoms with Crippen molar-refractivity contribution in [1.29, 1.82) is 0 Å². The Balaban J connectivity index is 1.34. The zero-order chi connectivity index (χ0) is 26.2. The number of hydrogen-bond acceptors (Lipinski definition) is 3. The van der Waals surface area contributed by atoms with Crippen LogP contribution in [-0.2, 0) is 0 Å². The summed E-state index contributed by atoms with van der Waals surface area (Å²) >= 11 is 6.50. The molecule has 0 spiro atoms. The number of nitrogens with zero attached hydrogens (tertiary/aromatic N) is 3. The fourth-order valence-corrected chi connectivity index (χ4v) is 5.25. The summed E-state index contributed by atoms with van der Waals surface area (Å²) in [5, 5.41) is 4.62. The van der Waals surface area contributed by atoms with Crippen molar-refractivity contribution >= 4 is 33.1 Å². The third-order valence-corrected chi connectivity index (χ3v) is 7.19. The van der Waals surface area contributed by atoms with Gasteiger partial charge in [-0.3, -0.25) is 0 Å². The molecular formula is C35H22ClN3. The second kappa shape index (κ2) is 9.79. The van der Waals surface area contributed by atoms with Gasteiger partial charge in [0.15, 0.2) is 11.6 Å². The maximum atomic E-state index is 6.50. The van der Waals surface area contributed by atoms with Crippen LogP contribution in [0.5, 0.6) is 0 Å². The van der Waals surface area contributed by atoms with Gasteiger partial charge in [-0.05, 0) is 79.7 Å². The lowest BCUT2D eigenvalue weighted by atomic mass is 9.96. The first kappa shape index (κ1) is 23.3. The maximum absolute atomic E-state index is 6.50. The fourth-order valence-electron chi connectivity index (χ4n) is 5.09. The predicted molar refractivity (Wildman–Crippen MR) is 162 cm³/mol. The Labute approximate surface area is 231 Å². The molecule has 0 unspecified atom stereocenters. The van der Waals surface area contributed by atoms with Crippen LogP contribution in [0.4, 0.5) is 0 Å². The SMILES string of the molecule is Clc1nc(-c2ccc3cc(-c4ccccc4)ccc3c2)nc(-c2cc(-c3ccccc3)cc3ccccc23)n1. The normalized spacial score (nSPS) is 11.2. The average Bonchev–Trinajstić information content (AvgIpc) is 3.00. The van der Waals surface area contributed by atoms with Crippen LogP contribution in [0.3, 0.4) is 0 Å². The van der Waals surface area contributed by atoms with Crippen LogP contribution in [0.25, 0.3) is 66.6 Å². The summed E-state index contributed by atoms with van der Waals surface area (Å²) in [5.41, 5.74) is 6.43. The molecule has 0 radical (unpaired) electrons. The zero-order valence-corrected chi connectivity index (χ0v) is 21.7. The maximum Gasteiger partial charge on any atom is 0.226 e. The summed E-state index contributed by atoms with van der Waals surface area (Å²) in [7, 11) is 0. The Bertz CT molecular complexity index is 1970. The number of rotatable bonds is 4. The van der Waals surface area contributed by atoms with E-state index < -0.39 is 0 Å². The molecule has 1 heterocycles. The van der Waals surface area contributed by atoms with Gasteiger partial charge in [0.1, 0.15) is 0 Å². The van der Waals surface area contributed by atoms with Gasteiger partial charge in [0.2, 0.25) is 5.28 Å². The van der Waals surface area contributed by atoms with E-state index in [1.165, 1.54) is 11.1 Å². The van der Waals surface area contributed by atoms with Gasteiger partial charge in [-0.25, -0.2) is 4.98 Å². The first-order valence-corrected chi connectivity index (χ1v) is 13.2. The minimum atomic E-state index is 0.170. The van der Waals surface area contributed by atoms with Crippen molar-refractivity contribution in [2.75, 3.05) is 0 Å². The number of fused-ring (bicyclic) bond motifs is 2. The molecule has 6 aromatic carbocycles. The molecule has 0 amide bonds. The highest BCUT2D eigenvalue weighted by Crippen LogP contribution is 2.34. The van der Waals surface area contributed by atoms with Crippen molar-refractivity contribution in [2.45, 2.75) is 0 Å². The van der Waals surface area contributed by atoms with E-state index in [1.54, 1.807) is 0 Å². The Morgan fingerprint density at radius 3 is 1.69 bits per heavy atom. The second-order valence-corrected chi connectivity index (χ2v) is 9.84. The highest BCUT2D eigenvalue weighted by molar-refractivity contribution is 6.28. The van der Waals surface area contributed by atoms with Crippen molar-refractivity contribution in [2.24, 2.45) is 0 Å². The Kier molecular flexibility index (Phi) is 5.84. The monoisotopic (exact) mass is 519 g/mol. The third-order valence-electron chi connectivity index (χ3n) is 7.02. The molecule has 0 N–H and O–H groups in total. The lowest BCUT2D eigenvalue weighted by molar-refractivity contribution is 1.07. The van der Waals surface area contributed by atoms with Crippen LogP contribution in [0.1, 0.15) is 0 Å². The van der Waals surface area contributed by atoms with Gasteiger partial charge in [0, 0.05) is 11.1 Å². The number of benzene rings is 6. The second-order valence-electron chi connectivity index (χ2n) is 9.51. The summed E-state index contributed by atoms with van der Waals surface area (Å²) in [6.07, 6.45) is 0. The quantitative estimate of drug-likeness (QED) is 0.232. The van der Waals surface area contributed by atoms with Crippen LogP contribution in [0.2, 0.25) is 5.28 Å². The smallest absolute Gasteiger partial charge is 0.208 e. The van der Waals surface area contributed by atoms with Crippen molar-refractivity contribution in [1.82, 2.24) is 15.0 Å². The van der Waals surface area contributed by atoms with Gasteiger partial charge in [-0.2, -0.15) is 9.97 Å². The van der Waals surface area contributed by atoms with Gasteiger partial charge in [0.25, 0.3) is 0 Å². The first-order chi connectivity index (χ1) is 19.2. The highest BCUT2D eigenvalue weighted by Gasteiger charge is 2.14. The summed E-state index contributed by atoms with van der Waals surface area (Å²) in [4.78, 5) is 14.0. The van der Waals surface area contributed by atoms with E-state index >= 15 is 0 Å². The Morgan fingerprint density at radius 2 is 0.949 bits per heavy atom. The molecule has 0 fully saturated rings. The third kappa shape index (κ3) is 4.54. The lowest BCUT2D eigenvalue weighted by Crippen LogP contribution is -1.98. The van der Waals surface area contributed by atoms with Crippen molar-refractivity contribution in [3.05, 3.63) is 139 Å². The van der Waals surface area contributed by atoms with E-state index in [9.17, 15) is 0 Å². The standard InChI is InChI=1S/C35H22ClN3/c36-35-38-33(29-18-17-26-19-25(15-16-27(26)20-29)23-9-3-1-4-10-23)37-34(39-35)32-22-30(24-11-5-2-6-12-24)21-28-13-7-8-14-31(28)32/h1-22H. The topological polar surface area (TPSA) is 38.7 Å². The van der Waals surface area contributed by atoms with E-state index in [-0.39, 0.29) is 5.28 Å². The van der Waals surface area contributed by atoms with Gasteiger partial charge >= 0.3 is 0 Å². The molecule has 7 rings (SSSR count). The average molecular weight is 520 g/mol. The van der Waals surface area contributed by atoms with E-state index in [0.717, 1.165) is 43.8 Å². The molecule has 7 aromatic rings. The van der Waals surface area contributed by atoms with Crippen LogP contribution < -0.4 is 0 Å². The molecule has 1 aromatic heterocycles. The molecule has 0 aliphatic rings. The highest BCUT2D eigenvalue weighted by atomic mass is 35.5. The van der Waals surface area contributed by atoms with Crippen LogP contribution in [0.15, 0.2) is 133 Å². The number of hydrogen-bond donors (Lipinski definition) is 0. The Morgan fingerprint density at radius 1 is 0.385 bits per heavy atom. The fraction of sp³-hybridized carbons (Fsp3) is 0. The van der Waals surface area contributed by atoms with E-state index in [0.29, 0.717) is 11.6 Å². The van der Waals surface area contributed by atoms with Crippen LogP contribution >= 0.6 is 11.6 Å². The molecule has 0 saturated carbocycles. The summed E-state index contributed by atoms with van der Waals surface area (Å²) in [6.45, 7) is 0. The molecule has 0 aliphatic carbocycles. The van der Waals surface area contributed by atoms with Crippen LogP contribution in [0, 0.1) is 0 Å². The minimum absolute atomic E-state index is 0.170. The molecule has 0 atom stereocenters. The first-order valence-electron chi connectivity index (χ1n) is 12.8. The van der Waals surface area contributed by atoms with Crippen molar-refractivity contribution in [3.8, 4) is 45.0 Å². The number of halogens is 1. The lowest BCUT2D eigenvalue weighted by Gasteiger charge is -2.11. The van der Waals surface area contributed by atoms with Crippen molar-refractivity contribution < 1.29 is 0 Å². The predicted octanol–water partition coefficient (Wildman–Crippen LogP) is 9.50. The van der Waals surface area contributed by atoms with Gasteiger partial charge < -0.3 is 0 Å². The molecule has 39 heavy (non-hydrogen) atoms. The van der Waals surface area contributed by atoms with Crippen LogP contribution in [-0.4, -0.2) is 15.0 Å². The molecule has 4 heteroatoms. The summed E-state index contributed by atoms with van der Waals surface area (Å²) in [6, 6.07) is 46.1. The van der Waals surface area contributed by atoms with Gasteiger partial charge in [0.05, 0.1) is 0 Å². The van der Waals surface area contributed by atoms with Crippen molar-refractivity contribution in [3.63, 3.8) is 0 Å². The molecule has 0 bridgehead atoms. The van der Waals surface area contributed by atoms with E-state index in [2.05, 4.69) is 101 Å². The number of aromatic nitrogens is 3. The molecule has 0 aliphatic heterocycles. The minimum Gasteiger partial charge on any atom is -0.208 e. The molecule has 3 nitrogen and oxygen atoms in total. The summed E-state index contributed by atoms with van der Waals surface area (Å²) < 4.78 is 0. The van der Waals surface area contributed by atoms with E-state index in [4.69, 9.17) is 16.6 Å². The molecular weight excluding hydrogens is 498 g/mol. The zero-order valence-electron chi connectivity index (χ0n) is 20.9. The summed E-state index contributed by atoms with van der Waals surface area (Å²) in [5.74, 6) is 1.10. The molecule has 0 saturated heterocycles. The van der Waals surface area contributed by atoms with E-state index in [1.807, 2.05) is 42.5 Å². The van der Waals surface area contributed by atoms with Gasteiger partial charge in [-0.1, -0.05) is 109 Å².